The van der Waals surface area contributed by atoms with Crippen LogP contribution in [0, 0.1) is 0 Å². The number of carbonyl (C=O) groups is 2. The maximum absolute atomic E-state index is 12.9. The van der Waals surface area contributed by atoms with Gasteiger partial charge < -0.3 is 20.3 Å². The van der Waals surface area contributed by atoms with Gasteiger partial charge in [0.1, 0.15) is 5.60 Å². The molecule has 0 aliphatic heterocycles. The molecule has 0 aliphatic carbocycles. The van der Waals surface area contributed by atoms with Crippen molar-refractivity contribution in [3.05, 3.63) is 23.1 Å². The number of carbonyl (C=O) groups excluding carboxylic acids is 2. The number of rotatable bonds is 19. The molecule has 0 saturated carbocycles. The Bertz CT molecular complexity index is 693. The first-order valence-corrected chi connectivity index (χ1v) is 12.3. The Kier molecular flexibility index (Phi) is 17.4. The number of ether oxygens (including phenoxy) is 1. The van der Waals surface area contributed by atoms with E-state index in [4.69, 9.17) is 10.3 Å². The lowest BCUT2D eigenvalue weighted by atomic mass is 10.2. The zero-order chi connectivity index (χ0) is 27.5. The molecular weight excluding hydrogens is 479 g/mol. The molecule has 0 aromatic carbocycles. The molecule has 13 heteroatoms. The van der Waals surface area contributed by atoms with Crippen LogP contribution < -0.4 is 10.6 Å². The largest absolute Gasteiger partial charge is 0.471 e. The molecule has 0 radical (unpaired) electrons. The highest BCUT2D eigenvalue weighted by Crippen LogP contribution is 2.19. The van der Waals surface area contributed by atoms with Crippen LogP contribution in [0.2, 0.25) is 0 Å². The molecule has 2 amide bonds. The Morgan fingerprint density at radius 3 is 2.25 bits per heavy atom. The van der Waals surface area contributed by atoms with E-state index in [1.807, 2.05) is 20.8 Å². The van der Waals surface area contributed by atoms with Gasteiger partial charge in [0.05, 0.1) is 0 Å². The van der Waals surface area contributed by atoms with E-state index in [0.717, 1.165) is 43.8 Å². The number of nitrogens with zero attached hydrogens (tertiary/aromatic N) is 5. The van der Waals surface area contributed by atoms with Gasteiger partial charge in [-0.05, 0) is 78.0 Å². The number of hydrogen-bond acceptors (Lipinski definition) is 6. The van der Waals surface area contributed by atoms with Crippen molar-refractivity contribution in [2.24, 2.45) is 5.11 Å². The van der Waals surface area contributed by atoms with E-state index in [-0.39, 0.29) is 26.1 Å². The van der Waals surface area contributed by atoms with Gasteiger partial charge in [-0.2, -0.15) is 13.2 Å². The molecule has 0 heterocycles. The summed E-state index contributed by atoms with van der Waals surface area (Å²) in [5.74, 6) is -1.87. The summed E-state index contributed by atoms with van der Waals surface area (Å²) in [7, 11) is 0. The van der Waals surface area contributed by atoms with Gasteiger partial charge in [-0.25, -0.2) is 4.79 Å². The normalized spacial score (nSPS) is 11.6. The summed E-state index contributed by atoms with van der Waals surface area (Å²) in [5.41, 5.74) is 7.77. The van der Waals surface area contributed by atoms with Crippen molar-refractivity contribution in [3.63, 3.8) is 0 Å². The van der Waals surface area contributed by atoms with Crippen LogP contribution in [-0.4, -0.2) is 92.5 Å². The maximum atomic E-state index is 12.9. The average molecular weight is 522 g/mol. The van der Waals surface area contributed by atoms with Gasteiger partial charge >= 0.3 is 18.2 Å². The van der Waals surface area contributed by atoms with E-state index >= 15 is 0 Å². The molecule has 0 saturated heterocycles. The maximum Gasteiger partial charge on any atom is 0.471 e. The van der Waals surface area contributed by atoms with E-state index in [1.165, 1.54) is 0 Å². The quantitative estimate of drug-likeness (QED) is 0.0865. The smallest absolute Gasteiger partial charge is 0.444 e. The van der Waals surface area contributed by atoms with Crippen molar-refractivity contribution < 1.29 is 27.5 Å². The van der Waals surface area contributed by atoms with Crippen LogP contribution in [0.5, 0.6) is 0 Å². The highest BCUT2D eigenvalue weighted by Gasteiger charge is 2.42. The first kappa shape index (κ1) is 33.5. The van der Waals surface area contributed by atoms with Crippen LogP contribution in [0.25, 0.3) is 10.4 Å². The Hall–Kier alpha value is -2.50. The fourth-order valence-electron chi connectivity index (χ4n) is 3.26. The lowest BCUT2D eigenvalue weighted by Crippen LogP contribution is -2.43. The van der Waals surface area contributed by atoms with Gasteiger partial charge in [-0.1, -0.05) is 11.2 Å². The summed E-state index contributed by atoms with van der Waals surface area (Å²) >= 11 is 0. The second-order valence-electron chi connectivity index (χ2n) is 9.28. The molecule has 0 aromatic heterocycles. The molecule has 0 atom stereocenters. The second-order valence-corrected chi connectivity index (χ2v) is 9.28. The van der Waals surface area contributed by atoms with E-state index in [0.29, 0.717) is 26.1 Å². The highest BCUT2D eigenvalue weighted by atomic mass is 19.4. The van der Waals surface area contributed by atoms with Crippen LogP contribution in [0.3, 0.4) is 0 Å². The number of unbranched alkanes of at least 4 members (excludes halogenated alkanes) is 1. The van der Waals surface area contributed by atoms with Crippen molar-refractivity contribution in [2.75, 3.05) is 58.9 Å². The van der Waals surface area contributed by atoms with Crippen molar-refractivity contribution in [1.29, 1.82) is 0 Å². The van der Waals surface area contributed by atoms with Crippen LogP contribution in [0.1, 0.15) is 52.9 Å². The lowest BCUT2D eigenvalue weighted by Gasteiger charge is -2.26. The lowest BCUT2D eigenvalue weighted by molar-refractivity contribution is -0.185. The summed E-state index contributed by atoms with van der Waals surface area (Å²) in [6, 6.07) is 0. The first-order valence-electron chi connectivity index (χ1n) is 12.3. The molecule has 0 bridgehead atoms. The van der Waals surface area contributed by atoms with Crippen molar-refractivity contribution in [2.45, 2.75) is 64.7 Å². The molecule has 0 unspecified atom stereocenters. The van der Waals surface area contributed by atoms with Gasteiger partial charge in [0.2, 0.25) is 0 Å². The van der Waals surface area contributed by atoms with Gasteiger partial charge in [0, 0.05) is 44.2 Å². The Labute approximate surface area is 212 Å². The average Bonchev–Trinajstić information content (AvgIpc) is 2.77. The highest BCUT2D eigenvalue weighted by molar-refractivity contribution is 5.81. The van der Waals surface area contributed by atoms with Gasteiger partial charge in [-0.15, -0.1) is 6.58 Å². The molecular formula is C23H42F3N7O3. The van der Waals surface area contributed by atoms with Crippen LogP contribution in [0.15, 0.2) is 17.8 Å². The minimum atomic E-state index is -4.93. The predicted octanol–water partition coefficient (Wildman–Crippen LogP) is 4.24. The van der Waals surface area contributed by atoms with E-state index in [1.54, 1.807) is 6.08 Å². The summed E-state index contributed by atoms with van der Waals surface area (Å²) in [4.78, 5) is 28.7. The minimum Gasteiger partial charge on any atom is -0.444 e. The van der Waals surface area contributed by atoms with Crippen LogP contribution in [0.4, 0.5) is 18.0 Å². The molecule has 208 valence electrons. The summed E-state index contributed by atoms with van der Waals surface area (Å²) in [6.45, 7) is 13.1. The molecule has 36 heavy (non-hydrogen) atoms. The van der Waals surface area contributed by atoms with Crippen molar-refractivity contribution >= 4 is 12.0 Å². The third-order valence-electron chi connectivity index (χ3n) is 4.85. The molecule has 0 rings (SSSR count). The third kappa shape index (κ3) is 18.8. The standard InChI is InChI=1S/C23H42F3N7O3/c1-5-15-32(16-7-6-11-28-12-8-13-29-21(35)36-22(2,3)4)17-10-19-33(18-9-14-30-31-27)20(34)23(24,25)26/h5,28H,1,6-19H2,2-4H3,(H,29,35). The van der Waals surface area contributed by atoms with Crippen molar-refractivity contribution in [1.82, 2.24) is 20.4 Å². The molecule has 0 fully saturated rings. The zero-order valence-corrected chi connectivity index (χ0v) is 21.8. The molecule has 0 aliphatic rings. The van der Waals surface area contributed by atoms with Crippen molar-refractivity contribution in [3.8, 4) is 0 Å². The number of halogens is 3. The summed E-state index contributed by atoms with van der Waals surface area (Å²) in [6.07, 6.45) is -0.458. The number of alkyl halides is 3. The van der Waals surface area contributed by atoms with E-state index in [2.05, 4.69) is 32.1 Å². The number of hydrogen-bond donors (Lipinski definition) is 2. The molecule has 10 nitrogen and oxygen atoms in total. The zero-order valence-electron chi connectivity index (χ0n) is 21.8. The second kappa shape index (κ2) is 18.7. The number of alkyl carbamates (subject to hydrolysis) is 1. The topological polar surface area (TPSA) is 123 Å². The van der Waals surface area contributed by atoms with Crippen LogP contribution in [-0.2, 0) is 9.53 Å². The molecule has 0 spiro atoms. The number of amides is 2. The minimum absolute atomic E-state index is 0.0266. The van der Waals surface area contributed by atoms with Gasteiger partial charge in [0.15, 0.2) is 0 Å². The van der Waals surface area contributed by atoms with E-state index < -0.39 is 23.8 Å². The predicted molar refractivity (Wildman–Crippen MR) is 133 cm³/mol. The first-order chi connectivity index (χ1) is 16.9. The fraction of sp³-hybridized carbons (Fsp3) is 0.826. The van der Waals surface area contributed by atoms with Gasteiger partial charge in [-0.3, -0.25) is 9.69 Å². The van der Waals surface area contributed by atoms with Gasteiger partial charge in [0.25, 0.3) is 0 Å². The summed E-state index contributed by atoms with van der Waals surface area (Å²) < 4.78 is 43.8. The number of azide groups is 1. The third-order valence-corrected chi connectivity index (χ3v) is 4.85. The van der Waals surface area contributed by atoms with Crippen LogP contribution >= 0.6 is 0 Å². The SMILES string of the molecule is C=CCN(CCCCNCCCNC(=O)OC(C)(C)C)CCCN(CCCN=[N+]=[N-])C(=O)C(F)(F)F. The Morgan fingerprint density at radius 1 is 1.00 bits per heavy atom. The Balaban J connectivity index is 4.18. The summed E-state index contributed by atoms with van der Waals surface area (Å²) in [5, 5.41) is 9.32. The van der Waals surface area contributed by atoms with E-state index in [9.17, 15) is 22.8 Å². The molecule has 0 aromatic rings. The molecule has 2 N–H and O–H groups in total. The fourth-order valence-corrected chi connectivity index (χ4v) is 3.26. The Morgan fingerprint density at radius 2 is 1.64 bits per heavy atom. The monoisotopic (exact) mass is 521 g/mol. The number of nitrogens with one attached hydrogen (secondary N) is 2.